The molecule has 0 atom stereocenters. The fourth-order valence-corrected chi connectivity index (χ4v) is 1.17. The van der Waals surface area contributed by atoms with Crippen LogP contribution in [0.15, 0.2) is 12.1 Å². The van der Waals surface area contributed by atoms with Gasteiger partial charge in [-0.3, -0.25) is 0 Å². The van der Waals surface area contributed by atoms with Gasteiger partial charge in [-0.15, -0.1) is 0 Å². The Hall–Kier alpha value is -0.560. The first-order valence-electron chi connectivity index (χ1n) is 3.35. The predicted molar refractivity (Wildman–Crippen MR) is 43.4 cm³/mol. The Balaban J connectivity index is 3.06. The van der Waals surface area contributed by atoms with E-state index in [-0.39, 0.29) is 0 Å². The van der Waals surface area contributed by atoms with Crippen LogP contribution in [0.5, 0.6) is 0 Å². The number of hydrogen-bond acceptors (Lipinski definition) is 1. The van der Waals surface area contributed by atoms with Gasteiger partial charge in [0.2, 0.25) is 0 Å². The van der Waals surface area contributed by atoms with E-state index in [0.717, 1.165) is 12.1 Å². The quantitative estimate of drug-likeness (QED) is 0.569. The predicted octanol–water partition coefficient (Wildman–Crippen LogP) is 2.61. The van der Waals surface area contributed by atoms with E-state index in [1.54, 1.807) is 0 Å². The van der Waals surface area contributed by atoms with E-state index in [1.165, 1.54) is 5.56 Å². The van der Waals surface area contributed by atoms with Crippen LogP contribution in [-0.4, -0.2) is 4.98 Å². The molecule has 0 radical (unpaired) electrons. The molecular formula is C8H10ClN. The summed E-state index contributed by atoms with van der Waals surface area (Å²) in [5.74, 6) is 0. The van der Waals surface area contributed by atoms with Gasteiger partial charge in [0, 0.05) is 5.69 Å². The van der Waals surface area contributed by atoms with Crippen molar-refractivity contribution in [2.24, 2.45) is 0 Å². The minimum atomic E-state index is 0.594. The molecular weight excluding hydrogens is 146 g/mol. The molecule has 54 valence electrons. The summed E-state index contributed by atoms with van der Waals surface area (Å²) in [6.45, 7) is 4.05. The molecule has 1 aromatic heterocycles. The lowest BCUT2D eigenvalue weighted by Crippen LogP contribution is -1.86. The van der Waals surface area contributed by atoms with E-state index >= 15 is 0 Å². The molecule has 0 N–H and O–H groups in total. The molecule has 0 aliphatic carbocycles. The van der Waals surface area contributed by atoms with E-state index < -0.39 is 0 Å². The minimum Gasteiger partial charge on any atom is -0.241 e. The summed E-state index contributed by atoms with van der Waals surface area (Å²) in [6.07, 6.45) is 1.02. The Bertz CT molecular complexity index is 212. The molecule has 1 aromatic rings. The standard InChI is InChI=1S/C8H10ClN/c1-3-7-4-6(2)10-8(9)5-7/h4-5H,3H2,1-2H3. The van der Waals surface area contributed by atoms with Crippen LogP contribution in [0.25, 0.3) is 0 Å². The molecule has 0 fully saturated rings. The number of nitrogens with zero attached hydrogens (tertiary/aromatic N) is 1. The third-order valence-corrected chi connectivity index (χ3v) is 1.58. The second kappa shape index (κ2) is 3.02. The van der Waals surface area contributed by atoms with Crippen LogP contribution in [0.2, 0.25) is 5.15 Å². The first-order chi connectivity index (χ1) is 4.72. The average molecular weight is 156 g/mol. The highest BCUT2D eigenvalue weighted by Gasteiger charge is 1.94. The fourth-order valence-electron chi connectivity index (χ4n) is 0.900. The summed E-state index contributed by atoms with van der Waals surface area (Å²) in [5.41, 5.74) is 2.24. The van der Waals surface area contributed by atoms with Crippen molar-refractivity contribution >= 4 is 11.6 Å². The summed E-state index contributed by atoms with van der Waals surface area (Å²) in [7, 11) is 0. The van der Waals surface area contributed by atoms with Gasteiger partial charge in [0.15, 0.2) is 0 Å². The van der Waals surface area contributed by atoms with Crippen molar-refractivity contribution in [3.63, 3.8) is 0 Å². The van der Waals surface area contributed by atoms with E-state index in [1.807, 2.05) is 19.1 Å². The third-order valence-electron chi connectivity index (χ3n) is 1.39. The first-order valence-corrected chi connectivity index (χ1v) is 3.73. The molecule has 0 aliphatic rings. The zero-order valence-corrected chi connectivity index (χ0v) is 6.94. The van der Waals surface area contributed by atoms with Crippen molar-refractivity contribution in [3.05, 3.63) is 28.5 Å². The van der Waals surface area contributed by atoms with E-state index in [2.05, 4.69) is 11.9 Å². The minimum absolute atomic E-state index is 0.594. The smallest absolute Gasteiger partial charge is 0.129 e. The summed E-state index contributed by atoms with van der Waals surface area (Å²) in [5, 5.41) is 0.594. The molecule has 0 unspecified atom stereocenters. The Morgan fingerprint density at radius 1 is 1.50 bits per heavy atom. The van der Waals surface area contributed by atoms with E-state index in [4.69, 9.17) is 11.6 Å². The molecule has 2 heteroatoms. The summed E-state index contributed by atoms with van der Waals surface area (Å²) >= 11 is 5.72. The number of halogens is 1. The first kappa shape index (κ1) is 7.55. The maximum Gasteiger partial charge on any atom is 0.129 e. The number of pyridine rings is 1. The largest absolute Gasteiger partial charge is 0.241 e. The van der Waals surface area contributed by atoms with Gasteiger partial charge in [-0.25, -0.2) is 4.98 Å². The topological polar surface area (TPSA) is 12.9 Å². The summed E-state index contributed by atoms with van der Waals surface area (Å²) in [4.78, 5) is 4.05. The summed E-state index contributed by atoms with van der Waals surface area (Å²) < 4.78 is 0. The number of aromatic nitrogens is 1. The van der Waals surface area contributed by atoms with Crippen molar-refractivity contribution in [2.75, 3.05) is 0 Å². The van der Waals surface area contributed by atoms with Crippen LogP contribution >= 0.6 is 11.6 Å². The fraction of sp³-hybridized carbons (Fsp3) is 0.375. The Morgan fingerprint density at radius 3 is 2.70 bits per heavy atom. The van der Waals surface area contributed by atoms with Crippen LogP contribution in [-0.2, 0) is 6.42 Å². The monoisotopic (exact) mass is 155 g/mol. The van der Waals surface area contributed by atoms with Crippen LogP contribution < -0.4 is 0 Å². The van der Waals surface area contributed by atoms with Crippen molar-refractivity contribution in [2.45, 2.75) is 20.3 Å². The van der Waals surface area contributed by atoms with Gasteiger partial charge in [-0.1, -0.05) is 18.5 Å². The van der Waals surface area contributed by atoms with Crippen LogP contribution in [0.3, 0.4) is 0 Å². The van der Waals surface area contributed by atoms with Crippen molar-refractivity contribution < 1.29 is 0 Å². The van der Waals surface area contributed by atoms with Crippen molar-refractivity contribution in [1.29, 1.82) is 0 Å². The molecule has 0 saturated carbocycles. The highest BCUT2D eigenvalue weighted by molar-refractivity contribution is 6.29. The maximum atomic E-state index is 5.72. The number of rotatable bonds is 1. The normalized spacial score (nSPS) is 9.90. The van der Waals surface area contributed by atoms with Crippen molar-refractivity contribution in [1.82, 2.24) is 4.98 Å². The van der Waals surface area contributed by atoms with Gasteiger partial charge >= 0.3 is 0 Å². The lowest BCUT2D eigenvalue weighted by molar-refractivity contribution is 1.09. The van der Waals surface area contributed by atoms with Crippen LogP contribution in [0, 0.1) is 6.92 Å². The Labute approximate surface area is 66.0 Å². The van der Waals surface area contributed by atoms with Gasteiger partial charge in [0.1, 0.15) is 5.15 Å². The highest BCUT2D eigenvalue weighted by Crippen LogP contribution is 2.10. The lowest BCUT2D eigenvalue weighted by atomic mass is 10.2. The molecule has 0 aromatic carbocycles. The molecule has 0 saturated heterocycles. The van der Waals surface area contributed by atoms with Crippen molar-refractivity contribution in [3.8, 4) is 0 Å². The second-order valence-electron chi connectivity index (χ2n) is 2.29. The lowest BCUT2D eigenvalue weighted by Gasteiger charge is -1.97. The molecule has 1 heterocycles. The molecule has 10 heavy (non-hydrogen) atoms. The van der Waals surface area contributed by atoms with E-state index in [9.17, 15) is 0 Å². The highest BCUT2D eigenvalue weighted by atomic mass is 35.5. The molecule has 1 nitrogen and oxygen atoms in total. The number of hydrogen-bond donors (Lipinski definition) is 0. The van der Waals surface area contributed by atoms with E-state index in [0.29, 0.717) is 5.15 Å². The SMILES string of the molecule is CCc1cc(C)nc(Cl)c1. The maximum absolute atomic E-state index is 5.72. The molecule has 1 rings (SSSR count). The third kappa shape index (κ3) is 1.71. The molecule has 0 bridgehead atoms. The van der Waals surface area contributed by atoms with Gasteiger partial charge in [0.05, 0.1) is 0 Å². The molecule has 0 spiro atoms. The average Bonchev–Trinajstić information content (AvgIpc) is 1.85. The zero-order valence-electron chi connectivity index (χ0n) is 6.19. The molecule has 0 aliphatic heterocycles. The van der Waals surface area contributed by atoms with Gasteiger partial charge < -0.3 is 0 Å². The Kier molecular flexibility index (Phi) is 2.28. The molecule has 0 amide bonds. The van der Waals surface area contributed by atoms with Gasteiger partial charge in [0.25, 0.3) is 0 Å². The number of aryl methyl sites for hydroxylation is 2. The van der Waals surface area contributed by atoms with Crippen LogP contribution in [0.4, 0.5) is 0 Å². The van der Waals surface area contributed by atoms with Crippen LogP contribution in [0.1, 0.15) is 18.2 Å². The summed E-state index contributed by atoms with van der Waals surface area (Å²) in [6, 6.07) is 3.94. The second-order valence-corrected chi connectivity index (χ2v) is 2.68. The zero-order chi connectivity index (χ0) is 7.56. The van der Waals surface area contributed by atoms with Gasteiger partial charge in [-0.05, 0) is 31.0 Å². The van der Waals surface area contributed by atoms with Gasteiger partial charge in [-0.2, -0.15) is 0 Å². The Morgan fingerprint density at radius 2 is 2.20 bits per heavy atom.